The van der Waals surface area contributed by atoms with Crippen LogP contribution >= 0.6 is 0 Å². The van der Waals surface area contributed by atoms with E-state index in [1.54, 1.807) is 0 Å². The van der Waals surface area contributed by atoms with Crippen LogP contribution in [0.4, 0.5) is 0 Å². The van der Waals surface area contributed by atoms with Gasteiger partial charge in [0, 0.05) is 21.0 Å². The standard InChI is InChI=1S/C20H19N.B/c1-21-14-18-8-4-5-9-19(18)20(21)13-15-10-11-16-6-2-3-7-17(16)12-15;/h2-12,20H,13-14H2,1H3;/t20-;/m1./s1. The van der Waals surface area contributed by atoms with E-state index in [0.717, 1.165) is 13.0 Å². The molecule has 0 bridgehead atoms. The minimum absolute atomic E-state index is 0. The van der Waals surface area contributed by atoms with Gasteiger partial charge in [0.15, 0.2) is 0 Å². The molecule has 1 heterocycles. The molecule has 1 atom stereocenters. The zero-order valence-electron chi connectivity index (χ0n) is 12.9. The summed E-state index contributed by atoms with van der Waals surface area (Å²) in [7, 11) is 2.23. The van der Waals surface area contributed by atoms with Crippen molar-refractivity contribution in [2.45, 2.75) is 19.0 Å². The molecule has 0 unspecified atom stereocenters. The molecule has 0 saturated heterocycles. The van der Waals surface area contributed by atoms with E-state index in [1.165, 1.54) is 27.5 Å². The van der Waals surface area contributed by atoms with E-state index in [2.05, 4.69) is 78.7 Å². The molecular weight excluding hydrogens is 265 g/mol. The Balaban J connectivity index is 0.00000144. The van der Waals surface area contributed by atoms with Crippen LogP contribution in [-0.4, -0.2) is 20.4 Å². The Bertz CT molecular complexity index is 796. The van der Waals surface area contributed by atoms with Gasteiger partial charge in [0.05, 0.1) is 0 Å². The summed E-state index contributed by atoms with van der Waals surface area (Å²) in [5, 5.41) is 2.66. The van der Waals surface area contributed by atoms with Crippen LogP contribution in [0.1, 0.15) is 22.7 Å². The van der Waals surface area contributed by atoms with Gasteiger partial charge in [0.1, 0.15) is 0 Å². The highest BCUT2D eigenvalue weighted by atomic mass is 15.1. The Morgan fingerprint density at radius 1 is 0.909 bits per heavy atom. The van der Waals surface area contributed by atoms with Crippen molar-refractivity contribution in [3.8, 4) is 0 Å². The molecule has 0 saturated carbocycles. The molecule has 3 aromatic carbocycles. The maximum Gasteiger partial charge on any atom is 0.0392 e. The second-order valence-corrected chi connectivity index (χ2v) is 6.02. The third-order valence-electron chi connectivity index (χ3n) is 4.61. The van der Waals surface area contributed by atoms with Crippen molar-refractivity contribution in [2.24, 2.45) is 0 Å². The Labute approximate surface area is 134 Å². The molecule has 0 fully saturated rings. The van der Waals surface area contributed by atoms with Gasteiger partial charge in [-0.25, -0.2) is 0 Å². The van der Waals surface area contributed by atoms with Crippen LogP contribution in [0.15, 0.2) is 66.7 Å². The summed E-state index contributed by atoms with van der Waals surface area (Å²) in [6.07, 6.45) is 1.08. The van der Waals surface area contributed by atoms with Gasteiger partial charge in [-0.2, -0.15) is 0 Å². The second-order valence-electron chi connectivity index (χ2n) is 6.02. The smallest absolute Gasteiger partial charge is 0.0392 e. The van der Waals surface area contributed by atoms with E-state index in [-0.39, 0.29) is 8.41 Å². The average Bonchev–Trinajstić information content (AvgIpc) is 2.83. The van der Waals surface area contributed by atoms with E-state index in [9.17, 15) is 0 Å². The quantitative estimate of drug-likeness (QED) is 0.638. The summed E-state index contributed by atoms with van der Waals surface area (Å²) >= 11 is 0. The summed E-state index contributed by atoms with van der Waals surface area (Å²) in [6.45, 7) is 1.06. The van der Waals surface area contributed by atoms with E-state index >= 15 is 0 Å². The number of likely N-dealkylation sites (N-methyl/N-ethyl adjacent to an activating group) is 1. The largest absolute Gasteiger partial charge is 0.295 e. The first-order valence-corrected chi connectivity index (χ1v) is 7.57. The molecule has 107 valence electrons. The van der Waals surface area contributed by atoms with Gasteiger partial charge in [-0.3, -0.25) is 4.90 Å². The predicted molar refractivity (Wildman–Crippen MR) is 94.1 cm³/mol. The number of nitrogens with zero attached hydrogens (tertiary/aromatic N) is 1. The second kappa shape index (κ2) is 5.98. The summed E-state index contributed by atoms with van der Waals surface area (Å²) in [5.74, 6) is 0. The summed E-state index contributed by atoms with van der Waals surface area (Å²) in [5.41, 5.74) is 4.39. The fraction of sp³-hybridized carbons (Fsp3) is 0.200. The molecule has 0 aromatic heterocycles. The molecule has 3 aromatic rings. The molecule has 1 aliphatic rings. The monoisotopic (exact) mass is 284 g/mol. The first-order chi connectivity index (χ1) is 10.3. The van der Waals surface area contributed by atoms with Gasteiger partial charge in [-0.1, -0.05) is 66.7 Å². The molecule has 1 aliphatic heterocycles. The van der Waals surface area contributed by atoms with Crippen LogP contribution < -0.4 is 0 Å². The molecule has 2 heteroatoms. The fourth-order valence-electron chi connectivity index (χ4n) is 3.47. The maximum atomic E-state index is 2.46. The lowest BCUT2D eigenvalue weighted by Crippen LogP contribution is -2.18. The van der Waals surface area contributed by atoms with E-state index in [4.69, 9.17) is 0 Å². The van der Waals surface area contributed by atoms with Crippen molar-refractivity contribution in [3.05, 3.63) is 83.4 Å². The minimum atomic E-state index is 0. The first kappa shape index (κ1) is 14.9. The summed E-state index contributed by atoms with van der Waals surface area (Å²) in [4.78, 5) is 2.46. The van der Waals surface area contributed by atoms with E-state index in [1.807, 2.05) is 0 Å². The van der Waals surface area contributed by atoms with Crippen molar-refractivity contribution in [1.82, 2.24) is 4.90 Å². The highest BCUT2D eigenvalue weighted by Crippen LogP contribution is 2.34. The fourth-order valence-corrected chi connectivity index (χ4v) is 3.47. The third kappa shape index (κ3) is 2.55. The number of fused-ring (bicyclic) bond motifs is 2. The molecule has 1 nitrogen and oxygen atoms in total. The molecule has 0 spiro atoms. The molecule has 0 aliphatic carbocycles. The lowest BCUT2D eigenvalue weighted by molar-refractivity contribution is 0.267. The zero-order chi connectivity index (χ0) is 14.2. The number of benzene rings is 3. The molecule has 3 radical (unpaired) electrons. The molecule has 4 rings (SSSR count). The topological polar surface area (TPSA) is 3.24 Å². The highest BCUT2D eigenvalue weighted by molar-refractivity contribution is 5.83. The number of hydrogen-bond donors (Lipinski definition) is 0. The highest BCUT2D eigenvalue weighted by Gasteiger charge is 2.26. The van der Waals surface area contributed by atoms with Gasteiger partial charge in [-0.05, 0) is 40.9 Å². The van der Waals surface area contributed by atoms with Crippen molar-refractivity contribution in [1.29, 1.82) is 0 Å². The van der Waals surface area contributed by atoms with Crippen LogP contribution in [0.2, 0.25) is 0 Å². The lowest BCUT2D eigenvalue weighted by Gasteiger charge is -2.20. The van der Waals surface area contributed by atoms with Crippen LogP contribution in [-0.2, 0) is 13.0 Å². The summed E-state index contributed by atoms with van der Waals surface area (Å²) in [6, 6.07) is 24.8. The minimum Gasteiger partial charge on any atom is -0.295 e. The lowest BCUT2D eigenvalue weighted by atomic mass is 9.97. The van der Waals surface area contributed by atoms with Crippen LogP contribution in [0.3, 0.4) is 0 Å². The number of rotatable bonds is 2. The Morgan fingerprint density at radius 3 is 2.50 bits per heavy atom. The molecule has 0 amide bonds. The van der Waals surface area contributed by atoms with Gasteiger partial charge in [-0.15, -0.1) is 0 Å². The van der Waals surface area contributed by atoms with E-state index in [0.29, 0.717) is 6.04 Å². The van der Waals surface area contributed by atoms with Crippen LogP contribution in [0.25, 0.3) is 10.8 Å². The number of hydrogen-bond acceptors (Lipinski definition) is 1. The predicted octanol–water partition coefficient (Wildman–Crippen LogP) is 4.19. The summed E-state index contributed by atoms with van der Waals surface area (Å²) < 4.78 is 0. The molecule has 22 heavy (non-hydrogen) atoms. The molecule has 0 N–H and O–H groups in total. The average molecular weight is 284 g/mol. The zero-order valence-corrected chi connectivity index (χ0v) is 12.9. The van der Waals surface area contributed by atoms with Crippen molar-refractivity contribution in [3.63, 3.8) is 0 Å². The molecular formula is C20H19BN. The maximum absolute atomic E-state index is 2.46. The Kier molecular flexibility index (Phi) is 4.04. The first-order valence-electron chi connectivity index (χ1n) is 7.57. The SMILES string of the molecule is CN1Cc2ccccc2[C@H]1Cc1ccc2ccccc2c1.[B]. The van der Waals surface area contributed by atoms with Gasteiger partial charge in [0.25, 0.3) is 0 Å². The van der Waals surface area contributed by atoms with Gasteiger partial charge < -0.3 is 0 Å². The van der Waals surface area contributed by atoms with E-state index < -0.39 is 0 Å². The normalized spacial score (nSPS) is 17.2. The Hall–Kier alpha value is -2.06. The Morgan fingerprint density at radius 2 is 1.64 bits per heavy atom. The third-order valence-corrected chi connectivity index (χ3v) is 4.61. The van der Waals surface area contributed by atoms with Crippen LogP contribution in [0.5, 0.6) is 0 Å². The van der Waals surface area contributed by atoms with Gasteiger partial charge in [0.2, 0.25) is 0 Å². The van der Waals surface area contributed by atoms with Gasteiger partial charge >= 0.3 is 0 Å². The van der Waals surface area contributed by atoms with Crippen molar-refractivity contribution < 1.29 is 0 Å². The van der Waals surface area contributed by atoms with Crippen LogP contribution in [0, 0.1) is 0 Å². The van der Waals surface area contributed by atoms with Crippen molar-refractivity contribution >= 4 is 19.2 Å². The van der Waals surface area contributed by atoms with Crippen molar-refractivity contribution in [2.75, 3.05) is 7.05 Å².